The first kappa shape index (κ1) is 15.0. The van der Waals surface area contributed by atoms with E-state index >= 15 is 0 Å². The molecular formula is C19H25NO2. The van der Waals surface area contributed by atoms with E-state index in [9.17, 15) is 0 Å². The van der Waals surface area contributed by atoms with Crippen LogP contribution in [-0.4, -0.2) is 19.8 Å². The zero-order chi connectivity index (χ0) is 15.5. The molecule has 0 atom stereocenters. The van der Waals surface area contributed by atoms with Crippen LogP contribution < -0.4 is 4.90 Å². The summed E-state index contributed by atoms with van der Waals surface area (Å²) in [6.45, 7) is 5.12. The average molecular weight is 299 g/mol. The van der Waals surface area contributed by atoms with Crippen molar-refractivity contribution in [1.82, 2.24) is 0 Å². The number of nitrogens with zero attached hydrogens (tertiary/aromatic N) is 1. The fraction of sp³-hybridized carbons (Fsp3) is 0.474. The number of benzene rings is 1. The minimum Gasteiger partial charge on any atom is -0.491 e. The summed E-state index contributed by atoms with van der Waals surface area (Å²) in [6, 6.07) is 6.40. The molecule has 1 heterocycles. The van der Waals surface area contributed by atoms with Crippen molar-refractivity contribution in [3.8, 4) is 0 Å². The molecule has 1 fully saturated rings. The molecule has 22 heavy (non-hydrogen) atoms. The Bertz CT molecular complexity index is 577. The molecule has 2 aliphatic rings. The molecule has 118 valence electrons. The summed E-state index contributed by atoms with van der Waals surface area (Å²) in [7, 11) is 1.71. The number of anilines is 1. The van der Waals surface area contributed by atoms with Crippen molar-refractivity contribution in [1.29, 1.82) is 0 Å². The third-order valence-corrected chi connectivity index (χ3v) is 4.53. The van der Waals surface area contributed by atoms with Crippen LogP contribution in [0.15, 0.2) is 42.0 Å². The lowest BCUT2D eigenvalue weighted by Crippen LogP contribution is -2.25. The van der Waals surface area contributed by atoms with Crippen molar-refractivity contribution in [3.63, 3.8) is 0 Å². The van der Waals surface area contributed by atoms with Crippen LogP contribution in [0.25, 0.3) is 0 Å². The standard InChI is InChI=1S/C19H25NO2/c1-14-7-6-8-15(2)19(14)20-12-11-17(18(13-20)21-3)22-16-9-4-5-10-16/h6-8,11,13,16H,4-5,9-10,12H2,1-3H3. The molecule has 1 aromatic carbocycles. The van der Waals surface area contributed by atoms with E-state index in [4.69, 9.17) is 9.47 Å². The van der Waals surface area contributed by atoms with Crippen LogP contribution in [0.4, 0.5) is 5.69 Å². The molecule has 0 N–H and O–H groups in total. The van der Waals surface area contributed by atoms with E-state index < -0.39 is 0 Å². The Labute approximate surface area is 133 Å². The Morgan fingerprint density at radius 1 is 1.05 bits per heavy atom. The Hall–Kier alpha value is -1.90. The van der Waals surface area contributed by atoms with E-state index in [1.165, 1.54) is 29.7 Å². The molecule has 3 rings (SSSR count). The molecule has 0 unspecified atom stereocenters. The van der Waals surface area contributed by atoms with Gasteiger partial charge in [0.05, 0.1) is 19.4 Å². The van der Waals surface area contributed by atoms with Gasteiger partial charge >= 0.3 is 0 Å². The summed E-state index contributed by atoms with van der Waals surface area (Å²) < 4.78 is 11.7. The number of hydrogen-bond acceptors (Lipinski definition) is 3. The number of para-hydroxylation sites is 1. The van der Waals surface area contributed by atoms with Gasteiger partial charge in [-0.25, -0.2) is 0 Å². The molecule has 1 aromatic rings. The second kappa shape index (κ2) is 6.47. The van der Waals surface area contributed by atoms with Gasteiger partial charge in [-0.2, -0.15) is 0 Å². The second-order valence-electron chi connectivity index (χ2n) is 6.18. The number of ether oxygens (including phenoxy) is 2. The molecule has 3 nitrogen and oxygen atoms in total. The Morgan fingerprint density at radius 3 is 2.36 bits per heavy atom. The van der Waals surface area contributed by atoms with Gasteiger partial charge in [-0.05, 0) is 56.7 Å². The number of methoxy groups -OCH3 is 1. The van der Waals surface area contributed by atoms with Crippen LogP contribution in [0.2, 0.25) is 0 Å². The highest BCUT2D eigenvalue weighted by atomic mass is 16.5. The van der Waals surface area contributed by atoms with Crippen LogP contribution in [0.5, 0.6) is 0 Å². The molecule has 3 heteroatoms. The highest BCUT2D eigenvalue weighted by molar-refractivity contribution is 5.62. The van der Waals surface area contributed by atoms with Gasteiger partial charge in [0, 0.05) is 12.2 Å². The zero-order valence-electron chi connectivity index (χ0n) is 13.8. The Morgan fingerprint density at radius 2 is 1.73 bits per heavy atom. The molecule has 0 spiro atoms. The SMILES string of the molecule is COC1=CN(c2c(C)cccc2C)CC=C1OC1CCCC1. The van der Waals surface area contributed by atoms with Crippen LogP contribution in [0.1, 0.15) is 36.8 Å². The van der Waals surface area contributed by atoms with Gasteiger partial charge in [0.2, 0.25) is 0 Å². The van der Waals surface area contributed by atoms with Crippen LogP contribution >= 0.6 is 0 Å². The molecule has 1 saturated carbocycles. The lowest BCUT2D eigenvalue weighted by atomic mass is 10.1. The van der Waals surface area contributed by atoms with E-state index in [1.54, 1.807) is 7.11 Å². The summed E-state index contributed by atoms with van der Waals surface area (Å²) in [5.41, 5.74) is 3.81. The summed E-state index contributed by atoms with van der Waals surface area (Å²) in [5, 5.41) is 0. The predicted molar refractivity (Wildman–Crippen MR) is 89.8 cm³/mol. The Kier molecular flexibility index (Phi) is 4.41. The van der Waals surface area contributed by atoms with Crippen molar-refractivity contribution in [2.75, 3.05) is 18.6 Å². The maximum Gasteiger partial charge on any atom is 0.176 e. The monoisotopic (exact) mass is 299 g/mol. The maximum atomic E-state index is 6.14. The number of aryl methyl sites for hydroxylation is 2. The topological polar surface area (TPSA) is 21.7 Å². The van der Waals surface area contributed by atoms with Gasteiger partial charge in [0.25, 0.3) is 0 Å². The van der Waals surface area contributed by atoms with Gasteiger partial charge in [0.1, 0.15) is 0 Å². The summed E-state index contributed by atoms with van der Waals surface area (Å²) in [6.07, 6.45) is 9.44. The van der Waals surface area contributed by atoms with Crippen molar-refractivity contribution in [2.45, 2.75) is 45.6 Å². The highest BCUT2D eigenvalue weighted by Gasteiger charge is 2.23. The van der Waals surface area contributed by atoms with Gasteiger partial charge in [-0.15, -0.1) is 0 Å². The molecule has 0 aromatic heterocycles. The lowest BCUT2D eigenvalue weighted by Gasteiger charge is -2.29. The first-order valence-electron chi connectivity index (χ1n) is 8.15. The van der Waals surface area contributed by atoms with E-state index in [0.717, 1.165) is 30.9 Å². The molecule has 1 aliphatic carbocycles. The third kappa shape index (κ3) is 2.99. The minimum absolute atomic E-state index is 0.358. The molecule has 0 amide bonds. The first-order valence-corrected chi connectivity index (χ1v) is 8.15. The molecular weight excluding hydrogens is 274 g/mol. The second-order valence-corrected chi connectivity index (χ2v) is 6.18. The van der Waals surface area contributed by atoms with Gasteiger partial charge < -0.3 is 14.4 Å². The Balaban J connectivity index is 1.81. The largest absolute Gasteiger partial charge is 0.491 e. The quantitative estimate of drug-likeness (QED) is 0.819. The maximum absolute atomic E-state index is 6.14. The van der Waals surface area contributed by atoms with Crippen molar-refractivity contribution < 1.29 is 9.47 Å². The predicted octanol–water partition coefficient (Wildman–Crippen LogP) is 4.45. The van der Waals surface area contributed by atoms with Gasteiger partial charge in [-0.1, -0.05) is 18.2 Å². The van der Waals surface area contributed by atoms with Crippen molar-refractivity contribution in [3.05, 3.63) is 53.1 Å². The zero-order valence-corrected chi connectivity index (χ0v) is 13.8. The summed E-state index contributed by atoms with van der Waals surface area (Å²) in [5.74, 6) is 1.72. The van der Waals surface area contributed by atoms with E-state index in [0.29, 0.717) is 6.10 Å². The van der Waals surface area contributed by atoms with Crippen LogP contribution in [0, 0.1) is 13.8 Å². The molecule has 0 radical (unpaired) electrons. The van der Waals surface area contributed by atoms with Gasteiger partial charge in [0.15, 0.2) is 11.5 Å². The fourth-order valence-corrected chi connectivity index (χ4v) is 3.40. The minimum atomic E-state index is 0.358. The highest BCUT2D eigenvalue weighted by Crippen LogP contribution is 2.31. The van der Waals surface area contributed by atoms with Crippen LogP contribution in [-0.2, 0) is 9.47 Å². The smallest absolute Gasteiger partial charge is 0.176 e. The average Bonchev–Trinajstić information content (AvgIpc) is 3.01. The third-order valence-electron chi connectivity index (χ3n) is 4.53. The van der Waals surface area contributed by atoms with Crippen molar-refractivity contribution in [2.24, 2.45) is 0 Å². The summed E-state index contributed by atoms with van der Waals surface area (Å²) >= 11 is 0. The van der Waals surface area contributed by atoms with E-state index in [-0.39, 0.29) is 0 Å². The first-order chi connectivity index (χ1) is 10.7. The fourth-order valence-electron chi connectivity index (χ4n) is 3.40. The molecule has 0 saturated heterocycles. The van der Waals surface area contributed by atoms with Crippen molar-refractivity contribution >= 4 is 5.69 Å². The summed E-state index contributed by atoms with van der Waals surface area (Å²) in [4.78, 5) is 2.24. The lowest BCUT2D eigenvalue weighted by molar-refractivity contribution is 0.104. The van der Waals surface area contributed by atoms with E-state index in [2.05, 4.69) is 49.2 Å². The number of hydrogen-bond donors (Lipinski definition) is 0. The number of rotatable bonds is 4. The molecule has 1 aliphatic heterocycles. The normalized spacial score (nSPS) is 19.0. The van der Waals surface area contributed by atoms with Crippen LogP contribution in [0.3, 0.4) is 0 Å². The van der Waals surface area contributed by atoms with E-state index in [1.807, 2.05) is 0 Å². The molecule has 0 bridgehead atoms. The van der Waals surface area contributed by atoms with Gasteiger partial charge in [-0.3, -0.25) is 0 Å².